The highest BCUT2D eigenvalue weighted by Gasteiger charge is 2.33. The van der Waals surface area contributed by atoms with Gasteiger partial charge in [-0.15, -0.1) is 0 Å². The van der Waals surface area contributed by atoms with E-state index in [4.69, 9.17) is 16.3 Å². The van der Waals surface area contributed by atoms with Crippen molar-refractivity contribution in [2.24, 2.45) is 0 Å². The Bertz CT molecular complexity index is 747. The van der Waals surface area contributed by atoms with Crippen LogP contribution in [0.3, 0.4) is 0 Å². The molecule has 0 bridgehead atoms. The van der Waals surface area contributed by atoms with Crippen LogP contribution in [0.1, 0.15) is 18.1 Å². The van der Waals surface area contributed by atoms with Crippen molar-refractivity contribution in [2.45, 2.75) is 26.1 Å². The SMILES string of the molecule is Cc1ccccc1O[C@@H](C)C(=O)Nc1ccc(Cl)c(C(F)(F)F)c1. The molecule has 2 rings (SSSR count). The Morgan fingerprint density at radius 1 is 1.21 bits per heavy atom. The maximum atomic E-state index is 12.8. The third-order valence-electron chi connectivity index (χ3n) is 3.31. The molecule has 0 spiro atoms. The Kier molecular flexibility index (Phi) is 5.39. The predicted molar refractivity (Wildman–Crippen MR) is 86.4 cm³/mol. The van der Waals surface area contributed by atoms with Crippen LogP contribution in [-0.2, 0) is 11.0 Å². The number of carbonyl (C=O) groups is 1. The summed E-state index contributed by atoms with van der Waals surface area (Å²) in [5.74, 6) is -0.0269. The quantitative estimate of drug-likeness (QED) is 0.829. The Morgan fingerprint density at radius 3 is 2.50 bits per heavy atom. The lowest BCUT2D eigenvalue weighted by Gasteiger charge is -2.17. The fourth-order valence-electron chi connectivity index (χ4n) is 2.00. The molecule has 0 radical (unpaired) electrons. The number of nitrogens with one attached hydrogen (secondary N) is 1. The summed E-state index contributed by atoms with van der Waals surface area (Å²) in [5, 5.41) is 1.97. The number of benzene rings is 2. The van der Waals surface area contributed by atoms with E-state index in [-0.39, 0.29) is 5.69 Å². The van der Waals surface area contributed by atoms with E-state index in [9.17, 15) is 18.0 Å². The Balaban J connectivity index is 2.11. The standard InChI is InChI=1S/C17H15ClF3NO2/c1-10-5-3-4-6-15(10)24-11(2)16(23)22-12-7-8-14(18)13(9-12)17(19,20)21/h3-9,11H,1-2H3,(H,22,23)/t11-/m0/s1. The molecule has 0 saturated carbocycles. The molecule has 0 unspecified atom stereocenters. The van der Waals surface area contributed by atoms with Gasteiger partial charge in [0.25, 0.3) is 5.91 Å². The molecule has 7 heteroatoms. The summed E-state index contributed by atoms with van der Waals surface area (Å²) in [6.07, 6.45) is -5.47. The molecule has 128 valence electrons. The fourth-order valence-corrected chi connectivity index (χ4v) is 2.22. The number of halogens is 4. The summed E-state index contributed by atoms with van der Waals surface area (Å²) in [6.45, 7) is 3.34. The third kappa shape index (κ3) is 4.41. The summed E-state index contributed by atoms with van der Waals surface area (Å²) in [7, 11) is 0. The molecule has 0 fully saturated rings. The van der Waals surface area contributed by atoms with E-state index in [1.54, 1.807) is 12.1 Å². The summed E-state index contributed by atoms with van der Waals surface area (Å²) in [4.78, 5) is 12.1. The van der Waals surface area contributed by atoms with E-state index >= 15 is 0 Å². The number of anilines is 1. The molecule has 1 atom stereocenters. The minimum Gasteiger partial charge on any atom is -0.481 e. The van der Waals surface area contributed by atoms with Gasteiger partial charge in [0.1, 0.15) is 5.75 Å². The zero-order valence-electron chi connectivity index (χ0n) is 12.9. The normalized spacial score (nSPS) is 12.6. The first-order valence-corrected chi connectivity index (χ1v) is 7.46. The summed E-state index contributed by atoms with van der Waals surface area (Å²) < 4.78 is 44.0. The van der Waals surface area contributed by atoms with Gasteiger partial charge >= 0.3 is 6.18 Å². The van der Waals surface area contributed by atoms with Crippen molar-refractivity contribution in [3.63, 3.8) is 0 Å². The van der Waals surface area contributed by atoms with Crippen LogP contribution in [0, 0.1) is 6.92 Å². The van der Waals surface area contributed by atoms with Crippen molar-refractivity contribution < 1.29 is 22.7 Å². The van der Waals surface area contributed by atoms with Gasteiger partial charge in [-0.2, -0.15) is 13.2 Å². The van der Waals surface area contributed by atoms with Crippen molar-refractivity contribution >= 4 is 23.2 Å². The lowest BCUT2D eigenvalue weighted by Crippen LogP contribution is -2.30. The number of rotatable bonds is 4. The molecule has 0 saturated heterocycles. The van der Waals surface area contributed by atoms with Gasteiger partial charge in [0.2, 0.25) is 0 Å². The Labute approximate surface area is 142 Å². The molecular formula is C17H15ClF3NO2. The minimum atomic E-state index is -4.60. The van der Waals surface area contributed by atoms with Crippen LogP contribution in [0.2, 0.25) is 5.02 Å². The highest BCUT2D eigenvalue weighted by molar-refractivity contribution is 6.31. The number of para-hydroxylation sites is 1. The second-order valence-electron chi connectivity index (χ2n) is 5.21. The Hall–Kier alpha value is -2.21. The summed E-state index contributed by atoms with van der Waals surface area (Å²) >= 11 is 5.55. The van der Waals surface area contributed by atoms with Crippen LogP contribution in [0.4, 0.5) is 18.9 Å². The highest BCUT2D eigenvalue weighted by atomic mass is 35.5. The van der Waals surface area contributed by atoms with Gasteiger partial charge in [0.15, 0.2) is 6.10 Å². The van der Waals surface area contributed by atoms with Gasteiger partial charge in [0, 0.05) is 5.69 Å². The smallest absolute Gasteiger partial charge is 0.417 e. The second-order valence-corrected chi connectivity index (χ2v) is 5.61. The molecule has 1 amide bonds. The van der Waals surface area contributed by atoms with Crippen molar-refractivity contribution in [2.75, 3.05) is 5.32 Å². The lowest BCUT2D eigenvalue weighted by atomic mass is 10.2. The summed E-state index contributed by atoms with van der Waals surface area (Å²) in [5.41, 5.74) is -0.158. The van der Waals surface area contributed by atoms with Crippen molar-refractivity contribution in [1.29, 1.82) is 0 Å². The fraction of sp³-hybridized carbons (Fsp3) is 0.235. The molecule has 3 nitrogen and oxygen atoms in total. The largest absolute Gasteiger partial charge is 0.481 e. The number of aryl methyl sites for hydroxylation is 1. The second kappa shape index (κ2) is 7.13. The molecule has 2 aromatic carbocycles. The molecule has 1 N–H and O–H groups in total. The number of amides is 1. The van der Waals surface area contributed by atoms with Gasteiger partial charge in [-0.1, -0.05) is 29.8 Å². The van der Waals surface area contributed by atoms with E-state index in [0.717, 1.165) is 17.7 Å². The first kappa shape index (κ1) is 18.1. The van der Waals surface area contributed by atoms with E-state index in [1.165, 1.54) is 13.0 Å². The number of hydrogen-bond acceptors (Lipinski definition) is 2. The van der Waals surface area contributed by atoms with E-state index in [2.05, 4.69) is 5.32 Å². The van der Waals surface area contributed by atoms with Crippen molar-refractivity contribution in [3.05, 3.63) is 58.6 Å². The third-order valence-corrected chi connectivity index (χ3v) is 3.64. The summed E-state index contributed by atoms with van der Waals surface area (Å²) in [6, 6.07) is 10.3. The number of carbonyl (C=O) groups excluding carboxylic acids is 1. The molecular weight excluding hydrogens is 343 g/mol. The van der Waals surface area contributed by atoms with Crippen molar-refractivity contribution in [1.82, 2.24) is 0 Å². The molecule has 0 aliphatic carbocycles. The predicted octanol–water partition coefficient (Wildman–Crippen LogP) is 5.07. The molecule has 0 aliphatic heterocycles. The molecule has 0 aliphatic rings. The van der Waals surface area contributed by atoms with E-state index in [1.807, 2.05) is 19.1 Å². The van der Waals surface area contributed by atoms with Crippen LogP contribution in [0.15, 0.2) is 42.5 Å². The molecule has 0 heterocycles. The zero-order chi connectivity index (χ0) is 17.9. The topological polar surface area (TPSA) is 38.3 Å². The first-order valence-electron chi connectivity index (χ1n) is 7.08. The van der Waals surface area contributed by atoms with E-state index < -0.39 is 28.8 Å². The molecule has 2 aromatic rings. The van der Waals surface area contributed by atoms with Crippen molar-refractivity contribution in [3.8, 4) is 5.75 Å². The van der Waals surface area contributed by atoms with Gasteiger partial charge in [-0.3, -0.25) is 4.79 Å². The van der Waals surface area contributed by atoms with Gasteiger partial charge in [-0.25, -0.2) is 0 Å². The van der Waals surface area contributed by atoms with Crippen LogP contribution >= 0.6 is 11.6 Å². The van der Waals surface area contributed by atoms with Gasteiger partial charge < -0.3 is 10.1 Å². The van der Waals surface area contributed by atoms with Crippen LogP contribution in [0.25, 0.3) is 0 Å². The lowest BCUT2D eigenvalue weighted by molar-refractivity contribution is -0.137. The van der Waals surface area contributed by atoms with Crippen LogP contribution in [-0.4, -0.2) is 12.0 Å². The maximum Gasteiger partial charge on any atom is 0.417 e. The molecule has 24 heavy (non-hydrogen) atoms. The van der Waals surface area contributed by atoms with E-state index in [0.29, 0.717) is 5.75 Å². The average molecular weight is 358 g/mol. The number of ether oxygens (including phenoxy) is 1. The zero-order valence-corrected chi connectivity index (χ0v) is 13.7. The average Bonchev–Trinajstić information content (AvgIpc) is 2.50. The highest BCUT2D eigenvalue weighted by Crippen LogP contribution is 2.36. The van der Waals surface area contributed by atoms with Gasteiger partial charge in [-0.05, 0) is 43.7 Å². The van der Waals surface area contributed by atoms with Gasteiger partial charge in [0.05, 0.1) is 10.6 Å². The minimum absolute atomic E-state index is 0.00282. The maximum absolute atomic E-state index is 12.8. The number of hydrogen-bond donors (Lipinski definition) is 1. The van der Waals surface area contributed by atoms with Crippen LogP contribution in [0.5, 0.6) is 5.75 Å². The number of alkyl halides is 3. The Morgan fingerprint density at radius 2 is 1.88 bits per heavy atom. The van der Waals surface area contributed by atoms with Crippen LogP contribution < -0.4 is 10.1 Å². The first-order chi connectivity index (χ1) is 11.2. The monoisotopic (exact) mass is 357 g/mol. The molecule has 0 aromatic heterocycles.